The van der Waals surface area contributed by atoms with Gasteiger partial charge in [-0.2, -0.15) is 0 Å². The normalized spacial score (nSPS) is 12.0. The zero-order valence-electron chi connectivity index (χ0n) is 13.1. The fourth-order valence-electron chi connectivity index (χ4n) is 2.27. The predicted molar refractivity (Wildman–Crippen MR) is 89.5 cm³/mol. The number of fused-ring (bicyclic) bond motifs is 1. The van der Waals surface area contributed by atoms with Crippen LogP contribution in [0.25, 0.3) is 17.0 Å². The molecule has 1 heterocycles. The summed E-state index contributed by atoms with van der Waals surface area (Å²) in [7, 11) is 1.73. The van der Waals surface area contributed by atoms with Crippen LogP contribution in [0.1, 0.15) is 24.6 Å². The molecule has 0 spiro atoms. The van der Waals surface area contributed by atoms with E-state index in [4.69, 9.17) is 4.74 Å². The van der Waals surface area contributed by atoms with Crippen molar-refractivity contribution in [3.8, 4) is 0 Å². The molecule has 0 saturated heterocycles. The Balaban J connectivity index is 2.12. The molecule has 21 heavy (non-hydrogen) atoms. The molecule has 0 atom stereocenters. The molecule has 2 rings (SSSR count). The van der Waals surface area contributed by atoms with E-state index < -0.39 is 0 Å². The van der Waals surface area contributed by atoms with Crippen molar-refractivity contribution in [3.63, 3.8) is 0 Å². The Labute approximate surface area is 127 Å². The Hall–Kier alpha value is -1.71. The SMILES string of the molecule is CC/C(=C/c1ccc2nc(C)ccc2c1)CNCCOC. The average Bonchev–Trinajstić information content (AvgIpc) is 2.50. The fourth-order valence-corrected chi connectivity index (χ4v) is 2.27. The van der Waals surface area contributed by atoms with Crippen LogP contribution in [0.3, 0.4) is 0 Å². The molecular weight excluding hydrogens is 260 g/mol. The number of pyridine rings is 1. The minimum atomic E-state index is 0.748. The third-order valence-corrected chi connectivity index (χ3v) is 3.51. The van der Waals surface area contributed by atoms with E-state index in [9.17, 15) is 0 Å². The van der Waals surface area contributed by atoms with E-state index in [2.05, 4.69) is 53.6 Å². The number of nitrogens with one attached hydrogen (secondary N) is 1. The highest BCUT2D eigenvalue weighted by Gasteiger charge is 1.99. The van der Waals surface area contributed by atoms with Gasteiger partial charge in [0.15, 0.2) is 0 Å². The largest absolute Gasteiger partial charge is 0.383 e. The van der Waals surface area contributed by atoms with E-state index in [1.54, 1.807) is 7.11 Å². The zero-order chi connectivity index (χ0) is 15.1. The number of rotatable bonds is 7. The first-order chi connectivity index (χ1) is 10.2. The number of methoxy groups -OCH3 is 1. The zero-order valence-corrected chi connectivity index (χ0v) is 13.1. The molecular formula is C18H24N2O. The lowest BCUT2D eigenvalue weighted by atomic mass is 10.1. The van der Waals surface area contributed by atoms with Crippen molar-refractivity contribution >= 4 is 17.0 Å². The molecule has 3 heteroatoms. The topological polar surface area (TPSA) is 34.2 Å². The Kier molecular flexibility index (Phi) is 5.90. The third kappa shape index (κ3) is 4.66. The predicted octanol–water partition coefficient (Wildman–Crippen LogP) is 3.57. The van der Waals surface area contributed by atoms with E-state index in [-0.39, 0.29) is 0 Å². The van der Waals surface area contributed by atoms with Gasteiger partial charge in [0.1, 0.15) is 0 Å². The highest BCUT2D eigenvalue weighted by atomic mass is 16.5. The van der Waals surface area contributed by atoms with Crippen LogP contribution >= 0.6 is 0 Å². The summed E-state index contributed by atoms with van der Waals surface area (Å²) in [4.78, 5) is 4.54. The molecule has 0 aliphatic heterocycles. The monoisotopic (exact) mass is 284 g/mol. The molecule has 0 bridgehead atoms. The number of hydrogen-bond acceptors (Lipinski definition) is 3. The van der Waals surface area contributed by atoms with Gasteiger partial charge < -0.3 is 10.1 Å². The summed E-state index contributed by atoms with van der Waals surface area (Å²) in [6.45, 7) is 6.75. The first-order valence-corrected chi connectivity index (χ1v) is 7.49. The van der Waals surface area contributed by atoms with Gasteiger partial charge in [0.2, 0.25) is 0 Å². The van der Waals surface area contributed by atoms with E-state index in [0.29, 0.717) is 0 Å². The van der Waals surface area contributed by atoms with Crippen molar-refractivity contribution in [2.24, 2.45) is 0 Å². The van der Waals surface area contributed by atoms with Crippen LogP contribution in [0.2, 0.25) is 0 Å². The number of nitrogens with zero attached hydrogens (tertiary/aromatic N) is 1. The summed E-state index contributed by atoms with van der Waals surface area (Å²) in [5.74, 6) is 0. The van der Waals surface area contributed by atoms with Crippen LogP contribution in [0.15, 0.2) is 35.9 Å². The lowest BCUT2D eigenvalue weighted by molar-refractivity contribution is 0.200. The van der Waals surface area contributed by atoms with Gasteiger partial charge in [-0.1, -0.05) is 30.7 Å². The van der Waals surface area contributed by atoms with Crippen LogP contribution in [0.4, 0.5) is 0 Å². The van der Waals surface area contributed by atoms with Crippen molar-refractivity contribution in [1.29, 1.82) is 0 Å². The quantitative estimate of drug-likeness (QED) is 0.789. The maximum absolute atomic E-state index is 5.04. The van der Waals surface area contributed by atoms with E-state index in [1.807, 2.05) is 6.92 Å². The average molecular weight is 284 g/mol. The van der Waals surface area contributed by atoms with Crippen LogP contribution in [-0.2, 0) is 4.74 Å². The van der Waals surface area contributed by atoms with E-state index >= 15 is 0 Å². The Morgan fingerprint density at radius 3 is 2.90 bits per heavy atom. The van der Waals surface area contributed by atoms with Crippen molar-refractivity contribution < 1.29 is 4.74 Å². The Bertz CT molecular complexity index is 620. The van der Waals surface area contributed by atoms with Gasteiger partial charge in [0.25, 0.3) is 0 Å². The standard InChI is InChI=1S/C18H24N2O/c1-4-15(13-19-9-10-21-3)11-16-6-8-18-17(12-16)7-5-14(2)20-18/h5-8,11-12,19H,4,9-10,13H2,1-3H3/b15-11-. The molecule has 0 radical (unpaired) electrons. The molecule has 1 N–H and O–H groups in total. The minimum Gasteiger partial charge on any atom is -0.383 e. The van der Waals surface area contributed by atoms with Gasteiger partial charge in [0.05, 0.1) is 12.1 Å². The van der Waals surface area contributed by atoms with Gasteiger partial charge in [-0.05, 0) is 37.1 Å². The number of aromatic nitrogens is 1. The van der Waals surface area contributed by atoms with Gasteiger partial charge in [-0.25, -0.2) is 0 Å². The molecule has 0 amide bonds. The molecule has 0 fully saturated rings. The van der Waals surface area contributed by atoms with Crippen LogP contribution in [-0.4, -0.2) is 31.8 Å². The summed E-state index contributed by atoms with van der Waals surface area (Å²) >= 11 is 0. The molecule has 1 aromatic carbocycles. The second-order valence-corrected chi connectivity index (χ2v) is 5.23. The number of benzene rings is 1. The minimum absolute atomic E-state index is 0.748. The Morgan fingerprint density at radius 1 is 1.29 bits per heavy atom. The first kappa shape index (κ1) is 15.7. The second-order valence-electron chi connectivity index (χ2n) is 5.23. The number of hydrogen-bond donors (Lipinski definition) is 1. The van der Waals surface area contributed by atoms with Gasteiger partial charge in [0, 0.05) is 31.3 Å². The molecule has 0 saturated carbocycles. The summed E-state index contributed by atoms with van der Waals surface area (Å²) in [5, 5.41) is 4.59. The summed E-state index contributed by atoms with van der Waals surface area (Å²) in [6, 6.07) is 10.6. The lowest BCUT2D eigenvalue weighted by Gasteiger charge is -2.08. The van der Waals surface area contributed by atoms with Crippen molar-refractivity contribution in [1.82, 2.24) is 10.3 Å². The van der Waals surface area contributed by atoms with Crippen molar-refractivity contribution in [2.45, 2.75) is 20.3 Å². The van der Waals surface area contributed by atoms with Gasteiger partial charge in [-0.3, -0.25) is 4.98 Å². The highest BCUT2D eigenvalue weighted by Crippen LogP contribution is 2.17. The molecule has 0 aliphatic carbocycles. The van der Waals surface area contributed by atoms with E-state index in [1.165, 1.54) is 16.5 Å². The molecule has 1 aromatic heterocycles. The van der Waals surface area contributed by atoms with Crippen LogP contribution in [0.5, 0.6) is 0 Å². The molecule has 2 aromatic rings. The summed E-state index contributed by atoms with van der Waals surface area (Å²) in [6.07, 6.45) is 3.31. The van der Waals surface area contributed by atoms with Crippen molar-refractivity contribution in [2.75, 3.05) is 26.8 Å². The molecule has 0 unspecified atom stereocenters. The smallest absolute Gasteiger partial charge is 0.0705 e. The maximum Gasteiger partial charge on any atom is 0.0705 e. The van der Waals surface area contributed by atoms with Crippen LogP contribution in [0, 0.1) is 6.92 Å². The van der Waals surface area contributed by atoms with E-state index in [0.717, 1.165) is 37.3 Å². The highest BCUT2D eigenvalue weighted by molar-refractivity contribution is 5.81. The van der Waals surface area contributed by atoms with Crippen LogP contribution < -0.4 is 5.32 Å². The van der Waals surface area contributed by atoms with Gasteiger partial charge in [-0.15, -0.1) is 0 Å². The van der Waals surface area contributed by atoms with Gasteiger partial charge >= 0.3 is 0 Å². The maximum atomic E-state index is 5.04. The molecule has 3 nitrogen and oxygen atoms in total. The summed E-state index contributed by atoms with van der Waals surface area (Å²) in [5.41, 5.74) is 4.75. The number of ether oxygens (including phenoxy) is 1. The first-order valence-electron chi connectivity index (χ1n) is 7.49. The third-order valence-electron chi connectivity index (χ3n) is 3.51. The lowest BCUT2D eigenvalue weighted by Crippen LogP contribution is -2.21. The molecule has 112 valence electrons. The summed E-state index contributed by atoms with van der Waals surface area (Å²) < 4.78 is 5.04. The molecule has 0 aliphatic rings. The Morgan fingerprint density at radius 2 is 2.14 bits per heavy atom. The fraction of sp³-hybridized carbons (Fsp3) is 0.389. The van der Waals surface area contributed by atoms with Crippen molar-refractivity contribution in [3.05, 3.63) is 47.2 Å². The second kappa shape index (κ2) is 7.91. The number of aryl methyl sites for hydroxylation is 1.